The van der Waals surface area contributed by atoms with E-state index >= 15 is 0 Å². The molecule has 1 rings (SSSR count). The molecule has 1 aromatic heterocycles. The highest BCUT2D eigenvalue weighted by molar-refractivity contribution is 6.34. The Labute approximate surface area is 97.5 Å². The van der Waals surface area contributed by atoms with Crippen molar-refractivity contribution in [2.75, 3.05) is 18.5 Å². The molecule has 0 aliphatic heterocycles. The van der Waals surface area contributed by atoms with Crippen LogP contribution < -0.4 is 5.32 Å². The van der Waals surface area contributed by atoms with Crippen LogP contribution in [0.1, 0.15) is 6.92 Å². The number of nitrogens with zero attached hydrogens (tertiary/aromatic N) is 1. The third-order valence-corrected chi connectivity index (χ3v) is 2.04. The summed E-state index contributed by atoms with van der Waals surface area (Å²) in [6, 6.07) is 3.34. The second kappa shape index (κ2) is 5.78. The van der Waals surface area contributed by atoms with Crippen LogP contribution in [0.2, 0.25) is 10.3 Å². The van der Waals surface area contributed by atoms with E-state index in [0.717, 1.165) is 0 Å². The molecule has 0 fully saturated rings. The Bertz CT molecular complexity index is 358. The molecule has 0 unspecified atom stereocenters. The minimum absolute atomic E-state index is 0.286. The number of pyridine rings is 1. The first-order valence-corrected chi connectivity index (χ1v) is 5.04. The zero-order valence-corrected chi connectivity index (χ0v) is 9.60. The van der Waals surface area contributed by atoms with E-state index in [1.165, 1.54) is 6.92 Å². The molecule has 0 saturated heterocycles. The molecule has 1 N–H and O–H groups in total. The van der Waals surface area contributed by atoms with E-state index in [2.05, 4.69) is 10.3 Å². The predicted octanol–water partition coefficient (Wildman–Crippen LogP) is 2.36. The fourth-order valence-corrected chi connectivity index (χ4v) is 1.34. The molecule has 0 bridgehead atoms. The molecule has 1 aromatic rings. The summed E-state index contributed by atoms with van der Waals surface area (Å²) in [5, 5.41) is 3.60. The van der Waals surface area contributed by atoms with E-state index in [1.54, 1.807) is 12.1 Å². The second-order valence-corrected chi connectivity index (χ2v) is 3.48. The van der Waals surface area contributed by atoms with Crippen molar-refractivity contribution < 1.29 is 9.53 Å². The van der Waals surface area contributed by atoms with Gasteiger partial charge in [-0.3, -0.25) is 4.79 Å². The van der Waals surface area contributed by atoms with Crippen molar-refractivity contribution in [2.45, 2.75) is 6.92 Å². The Kier molecular flexibility index (Phi) is 4.65. The molecule has 0 saturated carbocycles. The number of anilines is 1. The van der Waals surface area contributed by atoms with E-state index in [1.807, 2.05) is 0 Å². The minimum Gasteiger partial charge on any atom is -0.464 e. The first-order valence-electron chi connectivity index (χ1n) is 4.29. The van der Waals surface area contributed by atoms with Crippen molar-refractivity contribution in [2.24, 2.45) is 0 Å². The molecule has 4 nitrogen and oxygen atoms in total. The van der Waals surface area contributed by atoms with Gasteiger partial charge in [0, 0.05) is 13.5 Å². The van der Waals surface area contributed by atoms with E-state index in [9.17, 15) is 4.79 Å². The molecular weight excluding hydrogens is 239 g/mol. The summed E-state index contributed by atoms with van der Waals surface area (Å²) >= 11 is 11.4. The van der Waals surface area contributed by atoms with Crippen LogP contribution in [0.3, 0.4) is 0 Å². The lowest BCUT2D eigenvalue weighted by Crippen LogP contribution is -2.12. The number of ether oxygens (including phenoxy) is 1. The quantitative estimate of drug-likeness (QED) is 0.505. The van der Waals surface area contributed by atoms with E-state index in [4.69, 9.17) is 27.9 Å². The van der Waals surface area contributed by atoms with Crippen LogP contribution in [0.25, 0.3) is 0 Å². The first kappa shape index (κ1) is 12.1. The molecule has 15 heavy (non-hydrogen) atoms. The largest absolute Gasteiger partial charge is 0.464 e. The maximum atomic E-state index is 10.5. The van der Waals surface area contributed by atoms with Gasteiger partial charge in [0.25, 0.3) is 0 Å². The van der Waals surface area contributed by atoms with Gasteiger partial charge in [0.2, 0.25) is 0 Å². The van der Waals surface area contributed by atoms with Crippen molar-refractivity contribution in [3.8, 4) is 0 Å². The third kappa shape index (κ3) is 4.36. The van der Waals surface area contributed by atoms with Crippen molar-refractivity contribution in [3.63, 3.8) is 0 Å². The number of hydrogen-bond acceptors (Lipinski definition) is 4. The standard InChI is InChI=1S/C9H10Cl2N2O2/c1-6(14)15-5-4-12-7-2-3-8(10)13-9(7)11/h2-3,12H,4-5H2,1H3. The molecule has 0 aliphatic rings. The summed E-state index contributed by atoms with van der Waals surface area (Å²) in [6.07, 6.45) is 0. The Balaban J connectivity index is 2.40. The van der Waals surface area contributed by atoms with Gasteiger partial charge in [-0.05, 0) is 12.1 Å². The maximum Gasteiger partial charge on any atom is 0.302 e. The molecule has 0 spiro atoms. The van der Waals surface area contributed by atoms with Crippen LogP contribution >= 0.6 is 23.2 Å². The van der Waals surface area contributed by atoms with E-state index in [-0.39, 0.29) is 12.6 Å². The van der Waals surface area contributed by atoms with E-state index in [0.29, 0.717) is 22.5 Å². The fraction of sp³-hybridized carbons (Fsp3) is 0.333. The van der Waals surface area contributed by atoms with Crippen molar-refractivity contribution in [1.29, 1.82) is 0 Å². The van der Waals surface area contributed by atoms with Gasteiger partial charge in [0.05, 0.1) is 5.69 Å². The topological polar surface area (TPSA) is 51.2 Å². The van der Waals surface area contributed by atoms with Gasteiger partial charge in [0.1, 0.15) is 11.8 Å². The first-order chi connectivity index (χ1) is 7.09. The number of rotatable bonds is 4. The number of nitrogens with one attached hydrogen (secondary N) is 1. The van der Waals surface area contributed by atoms with Gasteiger partial charge in [-0.25, -0.2) is 4.98 Å². The maximum absolute atomic E-state index is 10.5. The van der Waals surface area contributed by atoms with Crippen molar-refractivity contribution in [1.82, 2.24) is 4.98 Å². The minimum atomic E-state index is -0.308. The monoisotopic (exact) mass is 248 g/mol. The normalized spacial score (nSPS) is 9.80. The molecule has 0 atom stereocenters. The zero-order valence-electron chi connectivity index (χ0n) is 8.09. The number of hydrogen-bond donors (Lipinski definition) is 1. The lowest BCUT2D eigenvalue weighted by Gasteiger charge is -2.07. The molecular formula is C9H10Cl2N2O2. The van der Waals surface area contributed by atoms with Crippen LogP contribution in [0, 0.1) is 0 Å². The number of carbonyl (C=O) groups is 1. The SMILES string of the molecule is CC(=O)OCCNc1ccc(Cl)nc1Cl. The average Bonchev–Trinajstić information content (AvgIpc) is 2.14. The smallest absolute Gasteiger partial charge is 0.302 e. The van der Waals surface area contributed by atoms with Crippen LogP contribution in [0.4, 0.5) is 5.69 Å². The number of carbonyl (C=O) groups excluding carboxylic acids is 1. The van der Waals surface area contributed by atoms with Crippen molar-refractivity contribution >= 4 is 34.9 Å². The molecule has 6 heteroatoms. The second-order valence-electron chi connectivity index (χ2n) is 2.74. The molecule has 0 aliphatic carbocycles. The number of aromatic nitrogens is 1. The Morgan fingerprint density at radius 1 is 1.53 bits per heavy atom. The van der Waals surface area contributed by atoms with Gasteiger partial charge in [-0.2, -0.15) is 0 Å². The lowest BCUT2D eigenvalue weighted by atomic mass is 10.4. The van der Waals surface area contributed by atoms with Crippen LogP contribution in [0.5, 0.6) is 0 Å². The number of esters is 1. The zero-order chi connectivity index (χ0) is 11.3. The fourth-order valence-electron chi connectivity index (χ4n) is 0.924. The Morgan fingerprint density at radius 2 is 2.27 bits per heavy atom. The van der Waals surface area contributed by atoms with Crippen LogP contribution in [-0.4, -0.2) is 24.1 Å². The van der Waals surface area contributed by atoms with Gasteiger partial charge >= 0.3 is 5.97 Å². The molecule has 0 radical (unpaired) electrons. The van der Waals surface area contributed by atoms with E-state index < -0.39 is 0 Å². The lowest BCUT2D eigenvalue weighted by molar-refractivity contribution is -0.140. The summed E-state index contributed by atoms with van der Waals surface area (Å²) in [6.45, 7) is 2.12. The predicted molar refractivity (Wildman–Crippen MR) is 59.4 cm³/mol. The molecule has 1 heterocycles. The highest BCUT2D eigenvalue weighted by Crippen LogP contribution is 2.20. The van der Waals surface area contributed by atoms with Gasteiger partial charge in [0.15, 0.2) is 5.15 Å². The summed E-state index contributed by atoms with van der Waals surface area (Å²) in [4.78, 5) is 14.3. The van der Waals surface area contributed by atoms with Crippen LogP contribution in [0.15, 0.2) is 12.1 Å². The van der Waals surface area contributed by atoms with Gasteiger partial charge < -0.3 is 10.1 Å². The molecule has 0 aromatic carbocycles. The highest BCUT2D eigenvalue weighted by Gasteiger charge is 2.01. The summed E-state index contributed by atoms with van der Waals surface area (Å²) in [7, 11) is 0. The number of halogens is 2. The summed E-state index contributed by atoms with van der Waals surface area (Å²) in [5.41, 5.74) is 0.660. The highest BCUT2D eigenvalue weighted by atomic mass is 35.5. The summed E-state index contributed by atoms with van der Waals surface area (Å²) in [5.74, 6) is -0.308. The summed E-state index contributed by atoms with van der Waals surface area (Å²) < 4.78 is 4.74. The average molecular weight is 249 g/mol. The van der Waals surface area contributed by atoms with Crippen LogP contribution in [-0.2, 0) is 9.53 Å². The van der Waals surface area contributed by atoms with Crippen molar-refractivity contribution in [3.05, 3.63) is 22.4 Å². The molecule has 0 amide bonds. The molecule has 82 valence electrons. The Hall–Kier alpha value is -1.00. The third-order valence-electron chi connectivity index (χ3n) is 1.54. The van der Waals surface area contributed by atoms with Gasteiger partial charge in [-0.1, -0.05) is 23.2 Å². The van der Waals surface area contributed by atoms with Gasteiger partial charge in [-0.15, -0.1) is 0 Å². The Morgan fingerprint density at radius 3 is 2.87 bits per heavy atom.